The number of benzene rings is 1. The van der Waals surface area contributed by atoms with Crippen molar-refractivity contribution in [1.82, 2.24) is 4.98 Å². The van der Waals surface area contributed by atoms with Gasteiger partial charge in [0, 0.05) is 6.54 Å². The van der Waals surface area contributed by atoms with Gasteiger partial charge in [-0.05, 0) is 45.8 Å². The first-order chi connectivity index (χ1) is 8.15. The summed E-state index contributed by atoms with van der Waals surface area (Å²) in [7, 11) is 0. The molecule has 0 aliphatic carbocycles. The summed E-state index contributed by atoms with van der Waals surface area (Å²) in [6.07, 6.45) is 0. The van der Waals surface area contributed by atoms with Gasteiger partial charge in [-0.1, -0.05) is 12.1 Å². The van der Waals surface area contributed by atoms with Crippen LogP contribution in [0, 0.1) is 5.95 Å². The van der Waals surface area contributed by atoms with Gasteiger partial charge in [0.2, 0.25) is 5.95 Å². The first-order valence-electron chi connectivity index (χ1n) is 4.99. The molecule has 1 aromatic carbocycles. The van der Waals surface area contributed by atoms with E-state index in [-0.39, 0.29) is 5.75 Å². The van der Waals surface area contributed by atoms with E-state index in [1.54, 1.807) is 30.3 Å². The lowest BCUT2D eigenvalue weighted by atomic mass is 10.2. The molecule has 0 spiro atoms. The Kier molecular flexibility index (Phi) is 3.58. The number of anilines is 1. The second-order valence-electron chi connectivity index (χ2n) is 3.48. The topological polar surface area (TPSA) is 45.1 Å². The van der Waals surface area contributed by atoms with Crippen LogP contribution in [0.15, 0.2) is 40.9 Å². The molecule has 2 rings (SSSR count). The summed E-state index contributed by atoms with van der Waals surface area (Å²) in [6, 6.07) is 9.76. The highest BCUT2D eigenvalue weighted by molar-refractivity contribution is 9.10. The zero-order valence-electron chi connectivity index (χ0n) is 8.82. The van der Waals surface area contributed by atoms with Gasteiger partial charge in [-0.15, -0.1) is 0 Å². The SMILES string of the molecule is Oc1ccc(CNc2cccc(F)n2)cc1Br. The molecule has 0 bridgehead atoms. The summed E-state index contributed by atoms with van der Waals surface area (Å²) in [4.78, 5) is 3.69. The van der Waals surface area contributed by atoms with E-state index in [1.807, 2.05) is 0 Å². The fourth-order valence-corrected chi connectivity index (χ4v) is 1.79. The largest absolute Gasteiger partial charge is 0.507 e. The number of rotatable bonds is 3. The van der Waals surface area contributed by atoms with E-state index in [9.17, 15) is 9.50 Å². The average molecular weight is 297 g/mol. The van der Waals surface area contributed by atoms with E-state index < -0.39 is 5.95 Å². The Morgan fingerprint density at radius 2 is 2.12 bits per heavy atom. The number of aromatic hydroxyl groups is 1. The monoisotopic (exact) mass is 296 g/mol. The van der Waals surface area contributed by atoms with E-state index in [0.717, 1.165) is 5.56 Å². The maximum atomic E-state index is 12.8. The first kappa shape index (κ1) is 11.9. The third-order valence-electron chi connectivity index (χ3n) is 2.20. The summed E-state index contributed by atoms with van der Waals surface area (Å²) in [5.74, 6) is 0.161. The van der Waals surface area contributed by atoms with Crippen LogP contribution in [0.4, 0.5) is 10.2 Å². The van der Waals surface area contributed by atoms with Crippen LogP contribution in [0.5, 0.6) is 5.75 Å². The lowest BCUT2D eigenvalue weighted by molar-refractivity contribution is 0.471. The van der Waals surface area contributed by atoms with Crippen LogP contribution in [0.2, 0.25) is 0 Å². The van der Waals surface area contributed by atoms with Crippen LogP contribution in [0.25, 0.3) is 0 Å². The molecule has 2 aromatic rings. The molecule has 0 atom stereocenters. The Morgan fingerprint density at radius 3 is 2.82 bits per heavy atom. The van der Waals surface area contributed by atoms with E-state index >= 15 is 0 Å². The van der Waals surface area contributed by atoms with Crippen LogP contribution in [-0.4, -0.2) is 10.1 Å². The van der Waals surface area contributed by atoms with Crippen LogP contribution < -0.4 is 5.32 Å². The number of hydrogen-bond donors (Lipinski definition) is 2. The lowest BCUT2D eigenvalue weighted by Crippen LogP contribution is -2.01. The molecule has 0 amide bonds. The third-order valence-corrected chi connectivity index (χ3v) is 2.84. The predicted octanol–water partition coefficient (Wildman–Crippen LogP) is 3.30. The predicted molar refractivity (Wildman–Crippen MR) is 67.3 cm³/mol. The summed E-state index contributed by atoms with van der Waals surface area (Å²) >= 11 is 3.23. The van der Waals surface area contributed by atoms with Crippen molar-refractivity contribution in [3.63, 3.8) is 0 Å². The molecule has 2 N–H and O–H groups in total. The molecule has 1 aromatic heterocycles. The number of halogens is 2. The smallest absolute Gasteiger partial charge is 0.214 e. The maximum Gasteiger partial charge on any atom is 0.214 e. The van der Waals surface area contributed by atoms with Crippen LogP contribution in [0.3, 0.4) is 0 Å². The van der Waals surface area contributed by atoms with Crippen molar-refractivity contribution in [3.05, 3.63) is 52.4 Å². The number of aromatic nitrogens is 1. The highest BCUT2D eigenvalue weighted by Gasteiger charge is 2.00. The average Bonchev–Trinajstić information content (AvgIpc) is 2.31. The van der Waals surface area contributed by atoms with Crippen molar-refractivity contribution in [3.8, 4) is 5.75 Å². The quantitative estimate of drug-likeness (QED) is 0.854. The third kappa shape index (κ3) is 3.17. The molecule has 17 heavy (non-hydrogen) atoms. The van der Waals surface area contributed by atoms with E-state index in [1.165, 1.54) is 6.07 Å². The number of hydrogen-bond acceptors (Lipinski definition) is 3. The summed E-state index contributed by atoms with van der Waals surface area (Å²) in [5.41, 5.74) is 0.959. The molecule has 0 aliphatic heterocycles. The number of nitrogens with zero attached hydrogens (tertiary/aromatic N) is 1. The van der Waals surface area contributed by atoms with Crippen molar-refractivity contribution in [2.24, 2.45) is 0 Å². The van der Waals surface area contributed by atoms with Crippen molar-refractivity contribution < 1.29 is 9.50 Å². The molecule has 1 heterocycles. The van der Waals surface area contributed by atoms with Crippen molar-refractivity contribution >= 4 is 21.7 Å². The Balaban J connectivity index is 2.05. The number of nitrogens with one attached hydrogen (secondary N) is 1. The van der Waals surface area contributed by atoms with Gasteiger partial charge >= 0.3 is 0 Å². The molecule has 0 unspecified atom stereocenters. The molecule has 0 saturated carbocycles. The summed E-state index contributed by atoms with van der Waals surface area (Å²) < 4.78 is 13.4. The fraction of sp³-hybridized carbons (Fsp3) is 0.0833. The van der Waals surface area contributed by atoms with Crippen LogP contribution >= 0.6 is 15.9 Å². The van der Waals surface area contributed by atoms with Gasteiger partial charge in [-0.3, -0.25) is 0 Å². The minimum Gasteiger partial charge on any atom is -0.507 e. The second kappa shape index (κ2) is 5.14. The molecule has 3 nitrogen and oxygen atoms in total. The fourth-order valence-electron chi connectivity index (χ4n) is 1.36. The Hall–Kier alpha value is -1.62. The highest BCUT2D eigenvalue weighted by Crippen LogP contribution is 2.24. The van der Waals surface area contributed by atoms with Gasteiger partial charge < -0.3 is 10.4 Å². The van der Waals surface area contributed by atoms with Crippen LogP contribution in [-0.2, 0) is 6.54 Å². The standard InChI is InChI=1S/C12H10BrFN2O/c13-9-6-8(4-5-10(9)17)7-15-12-3-1-2-11(14)16-12/h1-6,17H,7H2,(H,15,16). The van der Waals surface area contributed by atoms with Gasteiger partial charge in [0.1, 0.15) is 11.6 Å². The molecule has 0 radical (unpaired) electrons. The molecule has 88 valence electrons. The molecular formula is C12H10BrFN2O. The first-order valence-corrected chi connectivity index (χ1v) is 5.78. The highest BCUT2D eigenvalue weighted by atomic mass is 79.9. The minimum atomic E-state index is -0.512. The zero-order chi connectivity index (χ0) is 12.3. The molecule has 0 fully saturated rings. The van der Waals surface area contributed by atoms with Gasteiger partial charge in [0.25, 0.3) is 0 Å². The Labute approximate surface area is 106 Å². The van der Waals surface area contributed by atoms with E-state index in [0.29, 0.717) is 16.8 Å². The number of phenols is 1. The van der Waals surface area contributed by atoms with Crippen molar-refractivity contribution in [2.45, 2.75) is 6.54 Å². The number of pyridine rings is 1. The summed E-state index contributed by atoms with van der Waals surface area (Å²) in [5, 5.41) is 12.3. The van der Waals surface area contributed by atoms with Gasteiger partial charge in [0.05, 0.1) is 4.47 Å². The molecule has 0 saturated heterocycles. The zero-order valence-corrected chi connectivity index (χ0v) is 10.4. The molecule has 5 heteroatoms. The van der Waals surface area contributed by atoms with Crippen LogP contribution in [0.1, 0.15) is 5.56 Å². The van der Waals surface area contributed by atoms with Crippen molar-refractivity contribution in [2.75, 3.05) is 5.32 Å². The maximum absolute atomic E-state index is 12.8. The number of phenolic OH excluding ortho intramolecular Hbond substituents is 1. The van der Waals surface area contributed by atoms with Gasteiger partial charge in [-0.25, -0.2) is 4.98 Å². The summed E-state index contributed by atoms with van der Waals surface area (Å²) in [6.45, 7) is 0.509. The molecular weight excluding hydrogens is 287 g/mol. The normalized spacial score (nSPS) is 10.2. The minimum absolute atomic E-state index is 0.192. The van der Waals surface area contributed by atoms with Gasteiger partial charge in [0.15, 0.2) is 0 Å². The van der Waals surface area contributed by atoms with E-state index in [4.69, 9.17) is 0 Å². The Bertz CT molecular complexity index is 534. The molecule has 0 aliphatic rings. The lowest BCUT2D eigenvalue weighted by Gasteiger charge is -2.06. The van der Waals surface area contributed by atoms with Gasteiger partial charge in [-0.2, -0.15) is 4.39 Å². The van der Waals surface area contributed by atoms with Crippen molar-refractivity contribution in [1.29, 1.82) is 0 Å². The second-order valence-corrected chi connectivity index (χ2v) is 4.34. The van der Waals surface area contributed by atoms with E-state index in [2.05, 4.69) is 26.2 Å². The Morgan fingerprint density at radius 1 is 1.29 bits per heavy atom.